The lowest BCUT2D eigenvalue weighted by Crippen LogP contribution is -2.06. The Morgan fingerprint density at radius 1 is 1.21 bits per heavy atom. The second-order valence-electron chi connectivity index (χ2n) is 5.95. The predicted molar refractivity (Wildman–Crippen MR) is 85.3 cm³/mol. The van der Waals surface area contributed by atoms with Crippen LogP contribution in [0.3, 0.4) is 0 Å². The van der Waals surface area contributed by atoms with E-state index in [1.165, 1.54) is 30.3 Å². The summed E-state index contributed by atoms with van der Waals surface area (Å²) in [6, 6.07) is 6.80. The molecule has 2 rings (SSSR count). The van der Waals surface area contributed by atoms with E-state index >= 15 is 0 Å². The van der Waals surface area contributed by atoms with Crippen LogP contribution in [0.2, 0.25) is 0 Å². The third kappa shape index (κ3) is 3.08. The van der Waals surface area contributed by atoms with Gasteiger partial charge in [0.05, 0.1) is 11.0 Å². The molecule has 0 aliphatic carbocycles. The molecule has 3 heteroatoms. The third-order valence-corrected chi connectivity index (χ3v) is 4.08. The molecule has 0 bridgehead atoms. The van der Waals surface area contributed by atoms with Crippen molar-refractivity contribution in [2.75, 3.05) is 0 Å². The van der Waals surface area contributed by atoms with Crippen LogP contribution < -0.4 is 0 Å². The van der Waals surface area contributed by atoms with Crippen molar-refractivity contribution in [1.82, 2.24) is 9.55 Å². The number of aryl methyl sites for hydroxylation is 1. The third-order valence-electron chi connectivity index (χ3n) is 3.78. The first-order valence-corrected chi connectivity index (χ1v) is 7.61. The Morgan fingerprint density at radius 2 is 1.95 bits per heavy atom. The Morgan fingerprint density at radius 3 is 2.63 bits per heavy atom. The monoisotopic (exact) mass is 276 g/mol. The molecule has 2 nitrogen and oxygen atoms in total. The van der Waals surface area contributed by atoms with Crippen LogP contribution in [0.5, 0.6) is 0 Å². The quantitative estimate of drug-likeness (QED) is 0.726. The number of nitrogens with zero attached hydrogens (tertiary/aromatic N) is 1. The minimum Gasteiger partial charge on any atom is -0.331 e. The van der Waals surface area contributed by atoms with Crippen LogP contribution in [0, 0.1) is 17.6 Å². The highest BCUT2D eigenvalue weighted by atomic mass is 32.1. The van der Waals surface area contributed by atoms with Crippen molar-refractivity contribution >= 4 is 23.3 Å². The second-order valence-corrected chi connectivity index (χ2v) is 6.33. The molecule has 1 atom stereocenters. The van der Waals surface area contributed by atoms with E-state index in [9.17, 15) is 0 Å². The van der Waals surface area contributed by atoms with Gasteiger partial charge in [-0.3, -0.25) is 0 Å². The molecular formula is C16H24N2S. The fraction of sp³-hybridized carbons (Fsp3) is 0.562. The molecule has 1 heterocycles. The molecule has 0 fully saturated rings. The fourth-order valence-corrected chi connectivity index (χ4v) is 3.11. The largest absolute Gasteiger partial charge is 0.331 e. The smallest absolute Gasteiger partial charge is 0.178 e. The average molecular weight is 276 g/mol. The molecular weight excluding hydrogens is 252 g/mol. The van der Waals surface area contributed by atoms with Crippen LogP contribution >= 0.6 is 12.2 Å². The van der Waals surface area contributed by atoms with Gasteiger partial charge in [-0.05, 0) is 50.0 Å². The van der Waals surface area contributed by atoms with Crippen LogP contribution in [0.4, 0.5) is 0 Å². The van der Waals surface area contributed by atoms with E-state index in [1.807, 2.05) is 0 Å². The van der Waals surface area contributed by atoms with Gasteiger partial charge in [0.2, 0.25) is 0 Å². The van der Waals surface area contributed by atoms with Gasteiger partial charge in [0.1, 0.15) is 0 Å². The number of aromatic amines is 1. The summed E-state index contributed by atoms with van der Waals surface area (Å²) in [4.78, 5) is 3.33. The van der Waals surface area contributed by atoms with Crippen LogP contribution in [0.15, 0.2) is 18.2 Å². The highest BCUT2D eigenvalue weighted by Crippen LogP contribution is 2.25. The molecule has 0 spiro atoms. The molecule has 104 valence electrons. The minimum absolute atomic E-state index is 0.459. The lowest BCUT2D eigenvalue weighted by Gasteiger charge is -2.16. The first kappa shape index (κ1) is 14.3. The van der Waals surface area contributed by atoms with Crippen molar-refractivity contribution in [2.24, 2.45) is 5.92 Å². The Bertz CT molecular complexity index is 607. The Labute approximate surface area is 120 Å². The van der Waals surface area contributed by atoms with Crippen LogP contribution in [0.1, 0.15) is 51.6 Å². The van der Waals surface area contributed by atoms with Gasteiger partial charge in [0.15, 0.2) is 4.77 Å². The molecule has 0 radical (unpaired) electrons. The van der Waals surface area contributed by atoms with E-state index in [-0.39, 0.29) is 0 Å². The van der Waals surface area contributed by atoms with Crippen molar-refractivity contribution < 1.29 is 0 Å². The minimum atomic E-state index is 0.459. The van der Waals surface area contributed by atoms with E-state index < -0.39 is 0 Å². The summed E-state index contributed by atoms with van der Waals surface area (Å²) in [5.74, 6) is 0.782. The van der Waals surface area contributed by atoms with Gasteiger partial charge in [-0.15, -0.1) is 0 Å². The van der Waals surface area contributed by atoms with Gasteiger partial charge in [-0.25, -0.2) is 0 Å². The number of hydrogen-bond acceptors (Lipinski definition) is 1. The van der Waals surface area contributed by atoms with Crippen LogP contribution in [-0.2, 0) is 0 Å². The second kappa shape index (κ2) is 5.91. The molecule has 1 unspecified atom stereocenters. The summed E-state index contributed by atoms with van der Waals surface area (Å²) in [6.45, 7) is 9.00. The summed E-state index contributed by atoms with van der Waals surface area (Å²) in [6.07, 6.45) is 3.74. The van der Waals surface area contributed by atoms with Gasteiger partial charge in [-0.2, -0.15) is 0 Å². The van der Waals surface area contributed by atoms with Crippen molar-refractivity contribution in [3.05, 3.63) is 28.5 Å². The molecule has 0 aliphatic rings. The van der Waals surface area contributed by atoms with E-state index in [1.54, 1.807) is 0 Å². The molecule has 1 N–H and O–H groups in total. The number of benzene rings is 1. The predicted octanol–water partition coefficient (Wildman–Crippen LogP) is 5.39. The molecule has 0 saturated heterocycles. The zero-order valence-corrected chi connectivity index (χ0v) is 13.2. The maximum Gasteiger partial charge on any atom is 0.178 e. The summed E-state index contributed by atoms with van der Waals surface area (Å²) < 4.78 is 3.14. The van der Waals surface area contributed by atoms with Crippen molar-refractivity contribution in [2.45, 2.75) is 53.0 Å². The first-order valence-electron chi connectivity index (χ1n) is 7.20. The van der Waals surface area contributed by atoms with Crippen molar-refractivity contribution in [1.29, 1.82) is 0 Å². The summed E-state index contributed by atoms with van der Waals surface area (Å²) >= 11 is 5.50. The highest BCUT2D eigenvalue weighted by Gasteiger charge is 2.12. The maximum absolute atomic E-state index is 5.50. The van der Waals surface area contributed by atoms with Gasteiger partial charge in [0, 0.05) is 6.04 Å². The molecule has 0 aliphatic heterocycles. The molecule has 2 aromatic rings. The Balaban J connectivity index is 2.29. The number of aromatic nitrogens is 2. The van der Waals surface area contributed by atoms with Gasteiger partial charge in [0.25, 0.3) is 0 Å². The summed E-state index contributed by atoms with van der Waals surface area (Å²) in [5.41, 5.74) is 3.71. The van der Waals surface area contributed by atoms with E-state index in [2.05, 4.69) is 55.4 Å². The van der Waals surface area contributed by atoms with E-state index in [0.29, 0.717) is 6.04 Å². The summed E-state index contributed by atoms with van der Waals surface area (Å²) in [7, 11) is 0. The number of rotatable bonds is 5. The molecule has 0 saturated carbocycles. The lowest BCUT2D eigenvalue weighted by molar-refractivity contribution is 0.451. The van der Waals surface area contributed by atoms with Gasteiger partial charge >= 0.3 is 0 Å². The Kier molecular flexibility index (Phi) is 4.46. The molecule has 1 aromatic carbocycles. The van der Waals surface area contributed by atoms with Gasteiger partial charge in [-0.1, -0.05) is 38.8 Å². The van der Waals surface area contributed by atoms with Gasteiger partial charge < -0.3 is 9.55 Å². The number of imidazole rings is 1. The lowest BCUT2D eigenvalue weighted by atomic mass is 10.0. The number of fused-ring (bicyclic) bond motifs is 1. The topological polar surface area (TPSA) is 20.7 Å². The summed E-state index contributed by atoms with van der Waals surface area (Å²) in [5, 5.41) is 0. The normalized spacial score (nSPS) is 13.3. The van der Waals surface area contributed by atoms with E-state index in [4.69, 9.17) is 12.2 Å². The van der Waals surface area contributed by atoms with Crippen molar-refractivity contribution in [3.63, 3.8) is 0 Å². The van der Waals surface area contributed by atoms with Crippen molar-refractivity contribution in [3.8, 4) is 0 Å². The SMILES string of the molecule is Cc1cccc2[nH]c(=S)n(C(C)CCCC(C)C)c12. The molecule has 19 heavy (non-hydrogen) atoms. The average Bonchev–Trinajstić information content (AvgIpc) is 2.66. The fourth-order valence-electron chi connectivity index (χ4n) is 2.73. The number of hydrogen-bond donors (Lipinski definition) is 1. The number of nitrogens with one attached hydrogen (secondary N) is 1. The number of H-pyrrole nitrogens is 1. The standard InChI is InChI=1S/C16H24N2S/c1-11(2)7-5-9-13(4)18-15-12(3)8-6-10-14(15)17-16(18)19/h6,8,10-11,13H,5,7,9H2,1-4H3,(H,17,19). The zero-order valence-electron chi connectivity index (χ0n) is 12.4. The van der Waals surface area contributed by atoms with Crippen LogP contribution in [0.25, 0.3) is 11.0 Å². The first-order chi connectivity index (χ1) is 9.00. The zero-order chi connectivity index (χ0) is 14.0. The molecule has 0 amide bonds. The van der Waals surface area contributed by atoms with Crippen LogP contribution in [-0.4, -0.2) is 9.55 Å². The highest BCUT2D eigenvalue weighted by molar-refractivity contribution is 7.71. The maximum atomic E-state index is 5.50. The molecule has 1 aromatic heterocycles. The number of para-hydroxylation sites is 1. The Hall–Kier alpha value is -1.09. The van der Waals surface area contributed by atoms with E-state index in [0.717, 1.165) is 16.2 Å².